The second kappa shape index (κ2) is 5.69. The van der Waals surface area contributed by atoms with Crippen LogP contribution in [0.25, 0.3) is 0 Å². The van der Waals surface area contributed by atoms with Crippen molar-refractivity contribution < 1.29 is 13.2 Å². The number of rotatable bonds is 2. The molecule has 0 radical (unpaired) electrons. The second-order valence-electron chi connectivity index (χ2n) is 4.84. The van der Waals surface area contributed by atoms with E-state index in [9.17, 15) is 13.2 Å². The second-order valence-corrected chi connectivity index (χ2v) is 5.24. The van der Waals surface area contributed by atoms with Crippen LogP contribution in [0.3, 0.4) is 0 Å². The van der Waals surface area contributed by atoms with Crippen molar-refractivity contribution in [3.8, 4) is 0 Å². The number of hydrogen-bond donors (Lipinski definition) is 1. The molecule has 1 fully saturated rings. The summed E-state index contributed by atoms with van der Waals surface area (Å²) in [5.74, 6) is 0. The van der Waals surface area contributed by atoms with Crippen LogP contribution < -0.4 is 5.32 Å². The van der Waals surface area contributed by atoms with Crippen LogP contribution in [0.15, 0.2) is 18.2 Å². The lowest BCUT2D eigenvalue weighted by atomic mass is 10.1. The number of alkyl halides is 3. The maximum atomic E-state index is 12.8. The van der Waals surface area contributed by atoms with Crippen LogP contribution in [0.2, 0.25) is 5.02 Å². The summed E-state index contributed by atoms with van der Waals surface area (Å²) in [5.41, 5.74) is -0.111. The number of nitrogens with zero attached hydrogens (tertiary/aromatic N) is 1. The van der Waals surface area contributed by atoms with Crippen molar-refractivity contribution in [3.05, 3.63) is 34.3 Å². The Morgan fingerprint density at radius 1 is 1.42 bits per heavy atom. The summed E-state index contributed by atoms with van der Waals surface area (Å²) in [6.07, 6.45) is -4.40. The standard InChI is InChI=1S/C13H16ClF3N2/c1-9-7-18-4-5-19(9)8-10-2-3-12(14)11(6-10)13(15,16)17/h2-3,6,9,18H,4-5,7-8H2,1H3/t9-/m1/s1. The Kier molecular flexibility index (Phi) is 4.38. The highest BCUT2D eigenvalue weighted by Crippen LogP contribution is 2.35. The van der Waals surface area contributed by atoms with E-state index < -0.39 is 11.7 Å². The van der Waals surface area contributed by atoms with Gasteiger partial charge in [0.05, 0.1) is 10.6 Å². The molecule has 0 bridgehead atoms. The molecule has 0 aliphatic carbocycles. The first-order valence-electron chi connectivity index (χ1n) is 6.18. The fourth-order valence-corrected chi connectivity index (χ4v) is 2.47. The van der Waals surface area contributed by atoms with Gasteiger partial charge in [-0.3, -0.25) is 4.90 Å². The molecular formula is C13H16ClF3N2. The van der Waals surface area contributed by atoms with Crippen molar-refractivity contribution in [2.24, 2.45) is 0 Å². The number of benzene rings is 1. The fourth-order valence-electron chi connectivity index (χ4n) is 2.24. The SMILES string of the molecule is C[C@@H]1CNCCN1Cc1ccc(Cl)c(C(F)(F)F)c1. The van der Waals surface area contributed by atoms with Crippen LogP contribution in [0.5, 0.6) is 0 Å². The minimum atomic E-state index is -4.40. The molecule has 1 aliphatic rings. The minimum absolute atomic E-state index is 0.246. The molecule has 2 rings (SSSR count). The normalized spacial score (nSPS) is 21.6. The number of halogens is 4. The van der Waals surface area contributed by atoms with Crippen molar-refractivity contribution >= 4 is 11.6 Å². The topological polar surface area (TPSA) is 15.3 Å². The Morgan fingerprint density at radius 2 is 2.16 bits per heavy atom. The minimum Gasteiger partial charge on any atom is -0.314 e. The maximum Gasteiger partial charge on any atom is 0.417 e. The highest BCUT2D eigenvalue weighted by molar-refractivity contribution is 6.31. The highest BCUT2D eigenvalue weighted by Gasteiger charge is 2.33. The van der Waals surface area contributed by atoms with Gasteiger partial charge in [0.15, 0.2) is 0 Å². The van der Waals surface area contributed by atoms with Gasteiger partial charge in [0.1, 0.15) is 0 Å². The first kappa shape index (κ1) is 14.6. The number of hydrogen-bond acceptors (Lipinski definition) is 2. The van der Waals surface area contributed by atoms with Gasteiger partial charge in [-0.05, 0) is 24.6 Å². The van der Waals surface area contributed by atoms with Crippen LogP contribution in [-0.4, -0.2) is 30.6 Å². The monoisotopic (exact) mass is 292 g/mol. The molecule has 1 atom stereocenters. The van der Waals surface area contributed by atoms with Gasteiger partial charge in [0.2, 0.25) is 0 Å². The Labute approximate surface area is 115 Å². The van der Waals surface area contributed by atoms with E-state index in [2.05, 4.69) is 17.1 Å². The number of nitrogens with one attached hydrogen (secondary N) is 1. The summed E-state index contributed by atoms with van der Waals surface area (Å²) >= 11 is 5.61. The van der Waals surface area contributed by atoms with Gasteiger partial charge >= 0.3 is 6.18 Å². The van der Waals surface area contributed by atoms with E-state index in [4.69, 9.17) is 11.6 Å². The first-order chi connectivity index (χ1) is 8.88. The Morgan fingerprint density at radius 3 is 2.79 bits per heavy atom. The average Bonchev–Trinajstić information content (AvgIpc) is 2.33. The van der Waals surface area contributed by atoms with E-state index >= 15 is 0 Å². The summed E-state index contributed by atoms with van der Waals surface area (Å²) in [6, 6.07) is 4.45. The molecule has 1 aromatic carbocycles. The maximum absolute atomic E-state index is 12.8. The molecule has 1 N–H and O–H groups in total. The quantitative estimate of drug-likeness (QED) is 0.901. The molecule has 0 unspecified atom stereocenters. The average molecular weight is 293 g/mol. The molecular weight excluding hydrogens is 277 g/mol. The van der Waals surface area contributed by atoms with Crippen molar-refractivity contribution in [3.63, 3.8) is 0 Å². The summed E-state index contributed by atoms with van der Waals surface area (Å²) in [4.78, 5) is 2.17. The van der Waals surface area contributed by atoms with Gasteiger partial charge in [0, 0.05) is 32.2 Å². The highest BCUT2D eigenvalue weighted by atomic mass is 35.5. The predicted molar refractivity (Wildman–Crippen MR) is 69.2 cm³/mol. The zero-order valence-electron chi connectivity index (χ0n) is 10.6. The van der Waals surface area contributed by atoms with E-state index in [1.54, 1.807) is 6.07 Å². The van der Waals surface area contributed by atoms with E-state index in [1.165, 1.54) is 6.07 Å². The number of piperazine rings is 1. The lowest BCUT2D eigenvalue weighted by molar-refractivity contribution is -0.137. The molecule has 0 spiro atoms. The van der Waals surface area contributed by atoms with Crippen molar-refractivity contribution in [2.75, 3.05) is 19.6 Å². The van der Waals surface area contributed by atoms with Crippen LogP contribution in [0.4, 0.5) is 13.2 Å². The molecule has 1 aromatic rings. The molecule has 2 nitrogen and oxygen atoms in total. The molecule has 1 saturated heterocycles. The van der Waals surface area contributed by atoms with Gasteiger partial charge in [0.25, 0.3) is 0 Å². The predicted octanol–water partition coefficient (Wildman–Crippen LogP) is 3.15. The van der Waals surface area contributed by atoms with E-state index in [1.807, 2.05) is 0 Å². The van der Waals surface area contributed by atoms with E-state index in [0.717, 1.165) is 25.7 Å². The molecule has 1 heterocycles. The van der Waals surface area contributed by atoms with Crippen LogP contribution >= 0.6 is 11.6 Å². The zero-order valence-corrected chi connectivity index (χ0v) is 11.4. The summed E-state index contributed by atoms with van der Waals surface area (Å²) < 4.78 is 38.3. The van der Waals surface area contributed by atoms with Gasteiger partial charge in [-0.15, -0.1) is 0 Å². The van der Waals surface area contributed by atoms with Crippen molar-refractivity contribution in [1.29, 1.82) is 0 Å². The smallest absolute Gasteiger partial charge is 0.314 e. The van der Waals surface area contributed by atoms with E-state index in [0.29, 0.717) is 18.2 Å². The third-order valence-corrected chi connectivity index (χ3v) is 3.69. The van der Waals surface area contributed by atoms with Gasteiger partial charge in [-0.2, -0.15) is 13.2 Å². The Bertz CT molecular complexity index is 448. The largest absolute Gasteiger partial charge is 0.417 e. The Balaban J connectivity index is 2.17. The lowest BCUT2D eigenvalue weighted by Gasteiger charge is -2.34. The molecule has 1 aliphatic heterocycles. The van der Waals surface area contributed by atoms with Crippen LogP contribution in [0, 0.1) is 0 Å². The molecule has 0 saturated carbocycles. The summed E-state index contributed by atoms with van der Waals surface area (Å²) in [5, 5.41) is 3.01. The first-order valence-corrected chi connectivity index (χ1v) is 6.56. The lowest BCUT2D eigenvalue weighted by Crippen LogP contribution is -2.49. The van der Waals surface area contributed by atoms with E-state index in [-0.39, 0.29) is 5.02 Å². The van der Waals surface area contributed by atoms with Crippen LogP contribution in [-0.2, 0) is 12.7 Å². The summed E-state index contributed by atoms with van der Waals surface area (Å²) in [7, 11) is 0. The third kappa shape index (κ3) is 3.61. The molecule has 0 amide bonds. The van der Waals surface area contributed by atoms with Crippen molar-refractivity contribution in [2.45, 2.75) is 25.7 Å². The molecule has 19 heavy (non-hydrogen) atoms. The molecule has 0 aromatic heterocycles. The summed E-state index contributed by atoms with van der Waals surface area (Å²) in [6.45, 7) is 5.14. The fraction of sp³-hybridized carbons (Fsp3) is 0.538. The molecule has 6 heteroatoms. The van der Waals surface area contributed by atoms with Gasteiger partial charge in [-0.1, -0.05) is 17.7 Å². The third-order valence-electron chi connectivity index (χ3n) is 3.36. The van der Waals surface area contributed by atoms with Gasteiger partial charge < -0.3 is 5.32 Å². The van der Waals surface area contributed by atoms with Gasteiger partial charge in [-0.25, -0.2) is 0 Å². The molecule has 106 valence electrons. The zero-order chi connectivity index (χ0) is 14.0. The Hall–Kier alpha value is -0.780. The van der Waals surface area contributed by atoms with Crippen molar-refractivity contribution in [1.82, 2.24) is 10.2 Å². The van der Waals surface area contributed by atoms with Crippen LogP contribution in [0.1, 0.15) is 18.1 Å².